The second kappa shape index (κ2) is 29.5. The number of benzene rings is 6. The fraction of sp³-hybridized carbons (Fsp3) is 0.352. The minimum absolute atomic E-state index is 0.000890. The van der Waals surface area contributed by atoms with Gasteiger partial charge in [0.05, 0.1) is 58.3 Å². The summed E-state index contributed by atoms with van der Waals surface area (Å²) in [6, 6.07) is 46.0. The molecule has 0 saturated carbocycles. The van der Waals surface area contributed by atoms with E-state index in [-0.39, 0.29) is 27.7 Å². The number of rotatable bonds is 5. The molecule has 18 nitrogen and oxygen atoms in total. The molecule has 6 N–H and O–H groups in total. The maximum Gasteiger partial charge on any atom is 0.191 e. The molecule has 0 saturated heterocycles. The van der Waals surface area contributed by atoms with Gasteiger partial charge in [-0.05, 0) is 228 Å². The predicted octanol–water partition coefficient (Wildman–Crippen LogP) is 13.3. The number of hydrogen-bond donors (Lipinski definition) is 4. The molecule has 0 radical (unpaired) electrons. The molecular weight excluding hydrogens is 1340 g/mol. The number of amidine groups is 3. The normalized spacial score (nSPS) is 23.7. The summed E-state index contributed by atoms with van der Waals surface area (Å²) in [6.07, 6.45) is 32.2. The molecule has 0 fully saturated rings. The highest BCUT2D eigenvalue weighted by molar-refractivity contribution is 7.08. The standard InChI is InChI=1S/C19H20N2.C18H20N4.C17H19N5.C17H18N4.C17H19N3S/c1-14-20-13-19(21-14)11-10-18-16(12-19)8-5-9-17(18)15-6-3-2-4-7-15;1-13-21-18(11-22(13)2)7-6-17-14(8-18)4-3-5-16(17)15-9-19-12-20-10-15;1-22-10-17(21-16(22)18)6-5-15-12(7-17)3-2-4-14(15)13-8-19-11-20-9-13;1-12-20-10-17(21-12)6-5-13-3-2-4-15(16(13)7-17)14-8-18-11-19-9-14;1-20-11-17(19-16(20)18)7-5-15-12(9-17)3-2-4-14(15)13-6-8-21-10-13/h2-9H,10-13H2,1H3,(H,20,21);3-5,9-10,12H,6-8,11H2,1-2H3;2-4,8-9,11H,5-7,10H2,1H3,(H2,18,21);2-4,8-9,11H,5-7,10H2,1H3,(H,20,21);2-4,6,8,10H,5,7,9,11H2,1H3,(H2,18,19). The van der Waals surface area contributed by atoms with E-state index in [1.54, 1.807) is 30.3 Å². The van der Waals surface area contributed by atoms with Gasteiger partial charge >= 0.3 is 0 Å². The van der Waals surface area contributed by atoms with Crippen LogP contribution in [0.5, 0.6) is 0 Å². The van der Waals surface area contributed by atoms with Gasteiger partial charge in [0.15, 0.2) is 11.9 Å². The number of nitrogens with two attached hydrogens (primary N) is 2. The van der Waals surface area contributed by atoms with Gasteiger partial charge in [-0.25, -0.2) is 39.9 Å². The summed E-state index contributed by atoms with van der Waals surface area (Å²) in [5.74, 6) is 4.68. The maximum atomic E-state index is 5.99. The van der Waals surface area contributed by atoms with Gasteiger partial charge in [-0.3, -0.25) is 15.0 Å². The van der Waals surface area contributed by atoms with Crippen LogP contribution in [0, 0.1) is 0 Å². The number of likely N-dealkylation sites (N-methyl/N-ethyl adjacent to an activating group) is 3. The van der Waals surface area contributed by atoms with Crippen molar-refractivity contribution in [2.45, 2.75) is 145 Å². The van der Waals surface area contributed by atoms with Crippen molar-refractivity contribution < 1.29 is 0 Å². The summed E-state index contributed by atoms with van der Waals surface area (Å²) in [7, 11) is 6.19. The Kier molecular flexibility index (Phi) is 19.5. The van der Waals surface area contributed by atoms with Crippen LogP contribution in [0.2, 0.25) is 0 Å². The number of aliphatic imine (C=N–C) groups is 5. The highest BCUT2D eigenvalue weighted by atomic mass is 32.1. The van der Waals surface area contributed by atoms with E-state index in [4.69, 9.17) is 26.4 Å². The number of nitrogens with zero attached hydrogens (tertiary/aromatic N) is 14. The van der Waals surface area contributed by atoms with Gasteiger partial charge in [0.2, 0.25) is 0 Å². The average Bonchev–Trinajstić information content (AvgIpc) is 1.75. The molecule has 5 spiro atoms. The van der Waals surface area contributed by atoms with Gasteiger partial charge < -0.3 is 36.8 Å². The maximum absolute atomic E-state index is 5.99. The van der Waals surface area contributed by atoms with Gasteiger partial charge in [-0.1, -0.05) is 121 Å². The lowest BCUT2D eigenvalue weighted by Gasteiger charge is -2.36. The fourth-order valence-electron chi connectivity index (χ4n) is 18.6. The first kappa shape index (κ1) is 70.5. The van der Waals surface area contributed by atoms with E-state index in [0.717, 1.165) is 157 Å². The lowest BCUT2D eigenvalue weighted by atomic mass is 9.76. The summed E-state index contributed by atoms with van der Waals surface area (Å²) in [6.45, 7) is 11.0. The molecule has 5 unspecified atom stereocenters. The Morgan fingerprint density at radius 1 is 0.364 bits per heavy atom. The van der Waals surface area contributed by atoms with Crippen LogP contribution in [0.25, 0.3) is 55.6 Å². The van der Waals surface area contributed by atoms with E-state index in [0.29, 0.717) is 11.9 Å². The van der Waals surface area contributed by atoms with E-state index in [2.05, 4.69) is 231 Å². The Bertz CT molecular complexity index is 4930. The van der Waals surface area contributed by atoms with Gasteiger partial charge in [0.1, 0.15) is 19.0 Å². The number of fused-ring (bicyclic) bond motifs is 5. The van der Waals surface area contributed by atoms with Gasteiger partial charge in [0.25, 0.3) is 0 Å². The van der Waals surface area contributed by atoms with E-state index in [1.165, 1.54) is 101 Å². The number of nitrogens with one attached hydrogen (secondary N) is 2. The van der Waals surface area contributed by atoms with E-state index >= 15 is 0 Å². The van der Waals surface area contributed by atoms with Crippen LogP contribution >= 0.6 is 11.3 Å². The number of hydrogen-bond acceptors (Lipinski definition) is 19. The number of aryl methyl sites for hydroxylation is 1. The molecule has 19 heteroatoms. The lowest BCUT2D eigenvalue weighted by molar-refractivity contribution is 0.335. The highest BCUT2D eigenvalue weighted by Crippen LogP contribution is 2.44. The first-order valence-corrected chi connectivity index (χ1v) is 38.8. The molecule has 107 heavy (non-hydrogen) atoms. The first-order valence-electron chi connectivity index (χ1n) is 37.9. The van der Waals surface area contributed by atoms with Crippen LogP contribution in [0.1, 0.15) is 109 Å². The van der Waals surface area contributed by atoms with E-state index in [9.17, 15) is 0 Å². The Morgan fingerprint density at radius 3 is 1.15 bits per heavy atom. The zero-order valence-corrected chi connectivity index (χ0v) is 63.3. The summed E-state index contributed by atoms with van der Waals surface area (Å²) >= 11 is 1.76. The summed E-state index contributed by atoms with van der Waals surface area (Å²) in [5.41, 5.74) is 39.4. The monoisotopic (exact) mass is 1440 g/mol. The molecule has 10 aliphatic rings. The summed E-state index contributed by atoms with van der Waals surface area (Å²) < 4.78 is 0. The SMILES string of the molecule is CC1=NC2(CCc3c(cccc3-c3cncnc3)C2)CN1C.CC1=NCC2(CCc3c(cccc3-c3ccccc3)C2)N1.CC1=NCC2(CCc3cccc(-c4cncnc4)c3C2)N1.CN1CC2(CCc3c(cccc3-c3ccsc3)C2)N=C1N.CN1CC2(CCc3c(cccc3-c3cncnc3)C2)N=C1N. The quantitative estimate of drug-likeness (QED) is 0.126. The van der Waals surface area contributed by atoms with E-state index < -0.39 is 0 Å². The second-order valence-electron chi connectivity index (χ2n) is 31.3. The van der Waals surface area contributed by atoms with Crippen LogP contribution in [-0.2, 0) is 64.2 Å². The molecule has 5 aliphatic heterocycles. The van der Waals surface area contributed by atoms with Gasteiger partial charge in [-0.15, -0.1) is 0 Å². The van der Waals surface area contributed by atoms with Crippen LogP contribution in [0.15, 0.2) is 219 Å². The first-order chi connectivity index (χ1) is 52.0. The van der Waals surface area contributed by atoms with Gasteiger partial charge in [-0.2, -0.15) is 11.3 Å². The molecule has 9 heterocycles. The molecule has 5 aliphatic carbocycles. The van der Waals surface area contributed by atoms with Crippen molar-refractivity contribution in [1.29, 1.82) is 0 Å². The molecule has 0 bridgehead atoms. The minimum Gasteiger partial charge on any atom is -0.370 e. The molecule has 10 aromatic rings. The highest BCUT2D eigenvalue weighted by Gasteiger charge is 2.45. The Hall–Kier alpha value is -10.8. The smallest absolute Gasteiger partial charge is 0.191 e. The van der Waals surface area contributed by atoms with Crippen molar-refractivity contribution in [3.63, 3.8) is 0 Å². The molecule has 20 rings (SSSR count). The average molecular weight is 1440 g/mol. The number of thiophene rings is 1. The largest absolute Gasteiger partial charge is 0.370 e. The van der Waals surface area contributed by atoms with Crippen LogP contribution in [0.4, 0.5) is 0 Å². The van der Waals surface area contributed by atoms with Crippen molar-refractivity contribution >= 4 is 40.8 Å². The molecular formula is C88H96N18S. The minimum atomic E-state index is -0.0440. The second-order valence-corrected chi connectivity index (χ2v) is 32.1. The lowest BCUT2D eigenvalue weighted by Crippen LogP contribution is -2.49. The zero-order chi connectivity index (χ0) is 73.3. The number of guanidine groups is 2. The Balaban J connectivity index is 0.000000102. The third kappa shape index (κ3) is 14.7. The Labute approximate surface area is 633 Å². The fourth-order valence-corrected chi connectivity index (χ4v) is 19.3. The van der Waals surface area contributed by atoms with Crippen molar-refractivity contribution in [1.82, 2.24) is 55.2 Å². The summed E-state index contributed by atoms with van der Waals surface area (Å²) in [5, 5.41) is 11.6. The van der Waals surface area contributed by atoms with Crippen molar-refractivity contribution in [2.75, 3.05) is 53.9 Å². The zero-order valence-electron chi connectivity index (χ0n) is 62.4. The van der Waals surface area contributed by atoms with Crippen LogP contribution in [0.3, 0.4) is 0 Å². The van der Waals surface area contributed by atoms with E-state index in [1.807, 2.05) is 51.3 Å². The van der Waals surface area contributed by atoms with Crippen LogP contribution < -0.4 is 22.1 Å². The van der Waals surface area contributed by atoms with Crippen molar-refractivity contribution in [2.24, 2.45) is 36.4 Å². The van der Waals surface area contributed by atoms with Crippen LogP contribution in [-0.4, -0.2) is 156 Å². The summed E-state index contributed by atoms with van der Waals surface area (Å²) in [4.78, 5) is 55.0. The molecule has 5 atom stereocenters. The van der Waals surface area contributed by atoms with Gasteiger partial charge in [0, 0.05) is 94.6 Å². The predicted molar refractivity (Wildman–Crippen MR) is 434 cm³/mol. The molecule has 4 aromatic heterocycles. The Morgan fingerprint density at radius 2 is 0.748 bits per heavy atom. The topological polar surface area (TPSA) is 225 Å². The van der Waals surface area contributed by atoms with Crippen molar-refractivity contribution in [3.05, 3.63) is 250 Å². The van der Waals surface area contributed by atoms with Crippen molar-refractivity contribution in [3.8, 4) is 55.6 Å². The molecule has 544 valence electrons. The third-order valence-corrected chi connectivity index (χ3v) is 24.6. The molecule has 0 amide bonds. The molecule has 6 aromatic carbocycles. The number of aromatic nitrogens is 6. The third-order valence-electron chi connectivity index (χ3n) is 23.9.